The molecule has 2 N–H and O–H groups in total. The van der Waals surface area contributed by atoms with Crippen molar-refractivity contribution in [3.63, 3.8) is 0 Å². The summed E-state index contributed by atoms with van der Waals surface area (Å²) in [4.78, 5) is 8.71. The maximum Gasteiger partial charge on any atom is 0.135 e. The van der Waals surface area contributed by atoms with Crippen LogP contribution in [0.5, 0.6) is 0 Å². The fraction of sp³-hybridized carbons (Fsp3) is 0.750. The van der Waals surface area contributed by atoms with Gasteiger partial charge in [-0.2, -0.15) is 0 Å². The summed E-state index contributed by atoms with van der Waals surface area (Å²) in [5.41, 5.74) is 1.14. The molecule has 0 saturated heterocycles. The molecule has 5 nitrogen and oxygen atoms in total. The van der Waals surface area contributed by atoms with Crippen molar-refractivity contribution < 1.29 is 4.74 Å². The van der Waals surface area contributed by atoms with Gasteiger partial charge in [-0.05, 0) is 25.2 Å². The van der Waals surface area contributed by atoms with Crippen molar-refractivity contribution in [1.29, 1.82) is 0 Å². The Morgan fingerprint density at radius 1 is 1.05 bits per heavy atom. The fourth-order valence-electron chi connectivity index (χ4n) is 2.05. The van der Waals surface area contributed by atoms with Crippen LogP contribution in [0.3, 0.4) is 0 Å². The molecule has 120 valence electrons. The number of hydrogen-bond donors (Lipinski definition) is 2. The molecule has 0 saturated carbocycles. The summed E-state index contributed by atoms with van der Waals surface area (Å²) in [6.45, 7) is 13.9. The minimum atomic E-state index is 0.365. The quantitative estimate of drug-likeness (QED) is 0.647. The third kappa shape index (κ3) is 6.29. The van der Waals surface area contributed by atoms with E-state index in [9.17, 15) is 0 Å². The van der Waals surface area contributed by atoms with Gasteiger partial charge in [-0.15, -0.1) is 0 Å². The van der Waals surface area contributed by atoms with Crippen molar-refractivity contribution in [3.05, 3.63) is 11.9 Å². The largest absolute Gasteiger partial charge is 0.380 e. The van der Waals surface area contributed by atoms with E-state index in [0.29, 0.717) is 18.4 Å². The number of aromatic nitrogens is 2. The zero-order chi connectivity index (χ0) is 15.7. The van der Waals surface area contributed by atoms with Crippen LogP contribution in [-0.4, -0.2) is 36.3 Å². The summed E-state index contributed by atoms with van der Waals surface area (Å²) in [5, 5.41) is 6.66. The molecule has 0 aliphatic carbocycles. The first kappa shape index (κ1) is 17.7. The molecule has 0 aliphatic rings. The summed E-state index contributed by atoms with van der Waals surface area (Å²) < 4.78 is 5.62. The highest BCUT2D eigenvalue weighted by Gasteiger charge is 2.14. The second-order valence-corrected chi connectivity index (χ2v) is 5.89. The van der Waals surface area contributed by atoms with E-state index in [0.717, 1.165) is 43.3 Å². The van der Waals surface area contributed by atoms with Crippen LogP contribution in [0.2, 0.25) is 0 Å². The molecule has 0 atom stereocenters. The summed E-state index contributed by atoms with van der Waals surface area (Å²) in [6, 6.07) is 0. The lowest BCUT2D eigenvalue weighted by Gasteiger charge is -2.17. The van der Waals surface area contributed by atoms with Crippen LogP contribution in [0.4, 0.5) is 11.6 Å². The molecule has 0 unspecified atom stereocenters. The molecule has 1 aromatic heterocycles. The van der Waals surface area contributed by atoms with Gasteiger partial charge in [-0.3, -0.25) is 0 Å². The van der Waals surface area contributed by atoms with E-state index >= 15 is 0 Å². The first-order valence-corrected chi connectivity index (χ1v) is 7.96. The topological polar surface area (TPSA) is 59.1 Å². The summed E-state index contributed by atoms with van der Waals surface area (Å²) in [6.07, 6.45) is 2.71. The molecule has 0 bridgehead atoms. The maximum absolute atomic E-state index is 5.62. The van der Waals surface area contributed by atoms with Crippen molar-refractivity contribution in [2.24, 2.45) is 5.92 Å². The van der Waals surface area contributed by atoms with Crippen LogP contribution in [-0.2, 0) is 4.74 Å². The van der Waals surface area contributed by atoms with Crippen LogP contribution in [0.15, 0.2) is 6.33 Å². The molecular formula is C16H30N4O. The van der Waals surface area contributed by atoms with Crippen LogP contribution in [0.1, 0.15) is 52.5 Å². The van der Waals surface area contributed by atoms with Crippen LogP contribution in [0, 0.1) is 5.92 Å². The van der Waals surface area contributed by atoms with Gasteiger partial charge < -0.3 is 15.4 Å². The van der Waals surface area contributed by atoms with Gasteiger partial charge in [-0.25, -0.2) is 9.97 Å². The predicted octanol–water partition coefficient (Wildman–Crippen LogP) is 3.51. The van der Waals surface area contributed by atoms with Crippen molar-refractivity contribution in [1.82, 2.24) is 9.97 Å². The SMILES string of the molecule is CCNc1ncnc(NCCOCCC(C)C)c1C(C)C. The average molecular weight is 294 g/mol. The molecule has 0 amide bonds. The Labute approximate surface area is 128 Å². The molecule has 0 aliphatic heterocycles. The lowest BCUT2D eigenvalue weighted by molar-refractivity contribution is 0.132. The van der Waals surface area contributed by atoms with Gasteiger partial charge in [0.25, 0.3) is 0 Å². The minimum Gasteiger partial charge on any atom is -0.380 e. The number of rotatable bonds is 10. The van der Waals surface area contributed by atoms with E-state index in [2.05, 4.69) is 55.2 Å². The Kier molecular flexibility index (Phi) is 8.05. The highest BCUT2D eigenvalue weighted by atomic mass is 16.5. The van der Waals surface area contributed by atoms with E-state index in [1.54, 1.807) is 6.33 Å². The van der Waals surface area contributed by atoms with Gasteiger partial charge >= 0.3 is 0 Å². The number of anilines is 2. The standard InChI is InChI=1S/C16H30N4O/c1-6-17-15-14(13(4)5)16(20-11-19-15)18-8-10-21-9-7-12(2)3/h11-13H,6-10H2,1-5H3,(H2,17,18,19,20). The van der Waals surface area contributed by atoms with E-state index in [4.69, 9.17) is 4.74 Å². The first-order chi connectivity index (χ1) is 10.1. The smallest absolute Gasteiger partial charge is 0.135 e. The number of nitrogens with zero attached hydrogens (tertiary/aromatic N) is 2. The summed E-state index contributed by atoms with van der Waals surface area (Å²) in [7, 11) is 0. The van der Waals surface area contributed by atoms with Gasteiger partial charge in [0.1, 0.15) is 18.0 Å². The van der Waals surface area contributed by atoms with E-state index in [1.807, 2.05) is 0 Å². The van der Waals surface area contributed by atoms with Crippen molar-refractivity contribution in [2.75, 3.05) is 36.9 Å². The second kappa shape index (κ2) is 9.55. The van der Waals surface area contributed by atoms with E-state index < -0.39 is 0 Å². The molecule has 0 spiro atoms. The maximum atomic E-state index is 5.62. The molecule has 0 fully saturated rings. The number of hydrogen-bond acceptors (Lipinski definition) is 5. The normalized spacial score (nSPS) is 11.2. The van der Waals surface area contributed by atoms with Crippen LogP contribution < -0.4 is 10.6 Å². The van der Waals surface area contributed by atoms with Crippen LogP contribution >= 0.6 is 0 Å². The van der Waals surface area contributed by atoms with Gasteiger partial charge in [0.2, 0.25) is 0 Å². The van der Waals surface area contributed by atoms with Gasteiger partial charge in [0.15, 0.2) is 0 Å². The van der Waals surface area contributed by atoms with Crippen molar-refractivity contribution in [2.45, 2.75) is 47.0 Å². The summed E-state index contributed by atoms with van der Waals surface area (Å²) >= 11 is 0. The fourth-order valence-corrected chi connectivity index (χ4v) is 2.05. The minimum absolute atomic E-state index is 0.365. The van der Waals surface area contributed by atoms with Gasteiger partial charge in [0, 0.05) is 25.3 Å². The summed E-state index contributed by atoms with van der Waals surface area (Å²) in [5.74, 6) is 2.88. The Bertz CT molecular complexity index is 407. The molecule has 5 heteroatoms. The molecule has 0 aromatic carbocycles. The lowest BCUT2D eigenvalue weighted by atomic mass is 10.0. The molecule has 21 heavy (non-hydrogen) atoms. The monoisotopic (exact) mass is 294 g/mol. The zero-order valence-electron chi connectivity index (χ0n) is 14.1. The molecule has 1 rings (SSSR count). The number of nitrogens with one attached hydrogen (secondary N) is 2. The van der Waals surface area contributed by atoms with Gasteiger partial charge in [-0.1, -0.05) is 27.7 Å². The predicted molar refractivity (Wildman–Crippen MR) is 89.0 cm³/mol. The van der Waals surface area contributed by atoms with Crippen LogP contribution in [0.25, 0.3) is 0 Å². The highest BCUT2D eigenvalue weighted by Crippen LogP contribution is 2.27. The molecule has 1 heterocycles. The third-order valence-corrected chi connectivity index (χ3v) is 3.18. The highest BCUT2D eigenvalue weighted by molar-refractivity contribution is 5.58. The Morgan fingerprint density at radius 3 is 2.29 bits per heavy atom. The first-order valence-electron chi connectivity index (χ1n) is 7.96. The average Bonchev–Trinajstić information content (AvgIpc) is 2.42. The Hall–Kier alpha value is -1.36. The van der Waals surface area contributed by atoms with E-state index in [-0.39, 0.29) is 0 Å². The van der Waals surface area contributed by atoms with E-state index in [1.165, 1.54) is 0 Å². The Morgan fingerprint density at radius 2 is 1.71 bits per heavy atom. The zero-order valence-corrected chi connectivity index (χ0v) is 14.1. The van der Waals surface area contributed by atoms with Crippen molar-refractivity contribution >= 4 is 11.6 Å². The molecule has 1 aromatic rings. The van der Waals surface area contributed by atoms with Gasteiger partial charge in [0.05, 0.1) is 6.61 Å². The van der Waals surface area contributed by atoms with Crippen molar-refractivity contribution in [3.8, 4) is 0 Å². The number of ether oxygens (including phenoxy) is 1. The lowest BCUT2D eigenvalue weighted by Crippen LogP contribution is -2.15. The Balaban J connectivity index is 2.52. The molecular weight excluding hydrogens is 264 g/mol. The second-order valence-electron chi connectivity index (χ2n) is 5.89. The molecule has 0 radical (unpaired) electrons. The third-order valence-electron chi connectivity index (χ3n) is 3.18.